The van der Waals surface area contributed by atoms with Gasteiger partial charge in [0.15, 0.2) is 34.7 Å². The average Bonchev–Trinajstić information content (AvgIpc) is 2.88. The summed E-state index contributed by atoms with van der Waals surface area (Å²) in [6.07, 6.45) is -0.561. The van der Waals surface area contributed by atoms with Crippen molar-refractivity contribution in [3.63, 3.8) is 0 Å². The van der Waals surface area contributed by atoms with Gasteiger partial charge in [-0.25, -0.2) is 4.79 Å². The summed E-state index contributed by atoms with van der Waals surface area (Å²) in [5.74, 6) is -12.3. The molecule has 1 aromatic carbocycles. The number of primary amides is 1. The van der Waals surface area contributed by atoms with Crippen LogP contribution in [0.4, 0.5) is 10.5 Å². The highest BCUT2D eigenvalue weighted by molar-refractivity contribution is 6.32. The number of fused-ring (bicyclic) bond motifs is 3. The zero-order chi connectivity index (χ0) is 32.3. The first-order valence-corrected chi connectivity index (χ1v) is 14.5. The summed E-state index contributed by atoms with van der Waals surface area (Å²) >= 11 is 0. The van der Waals surface area contributed by atoms with Gasteiger partial charge in [-0.05, 0) is 41.7 Å². The molecule has 0 saturated heterocycles. The molecule has 234 valence electrons. The summed E-state index contributed by atoms with van der Waals surface area (Å²) in [6, 6.07) is 1.65. The number of phenolic OH excluding ortho intramolecular Hbond substituents is 1. The normalized spacial score (nSPS) is 28.6. The number of amides is 2. The molecular formula is C31H41N3O9. The first kappa shape index (κ1) is 32.1. The quantitative estimate of drug-likeness (QED) is 0.349. The van der Waals surface area contributed by atoms with Crippen LogP contribution in [-0.2, 0) is 36.9 Å². The average molecular weight is 600 g/mol. The zero-order valence-electron chi connectivity index (χ0n) is 25.6. The second kappa shape index (κ2) is 11.0. The molecule has 0 spiro atoms. The number of ketones is 4. The van der Waals surface area contributed by atoms with E-state index in [9.17, 15) is 39.0 Å². The Kier molecular flexibility index (Phi) is 8.25. The van der Waals surface area contributed by atoms with E-state index in [2.05, 4.69) is 5.32 Å². The molecule has 3 aliphatic rings. The molecule has 4 rings (SSSR count). The van der Waals surface area contributed by atoms with Crippen molar-refractivity contribution in [1.82, 2.24) is 5.32 Å². The van der Waals surface area contributed by atoms with Crippen LogP contribution in [0.25, 0.3) is 0 Å². The first-order chi connectivity index (χ1) is 19.8. The lowest BCUT2D eigenvalue weighted by molar-refractivity contribution is -0.182. The molecule has 12 nitrogen and oxygen atoms in total. The number of carbonyl (C=O) groups excluding carboxylic acids is 6. The summed E-state index contributed by atoms with van der Waals surface area (Å²) in [5.41, 5.74) is 3.50. The van der Waals surface area contributed by atoms with Crippen molar-refractivity contribution in [2.45, 2.75) is 59.6 Å². The van der Waals surface area contributed by atoms with Gasteiger partial charge < -0.3 is 30.9 Å². The second-order valence-electron chi connectivity index (χ2n) is 13.8. The number of nitrogens with two attached hydrogens (primary N) is 1. The number of hydrogen-bond acceptors (Lipinski definition) is 10. The molecule has 5 N–H and O–H groups in total. The fourth-order valence-electron chi connectivity index (χ4n) is 6.99. The fraction of sp³-hybridized carbons (Fsp3) is 0.613. The van der Waals surface area contributed by atoms with Gasteiger partial charge in [-0.3, -0.25) is 24.0 Å². The minimum absolute atomic E-state index is 0.000447. The highest BCUT2D eigenvalue weighted by Crippen LogP contribution is 2.54. The molecule has 0 heterocycles. The third kappa shape index (κ3) is 5.30. The van der Waals surface area contributed by atoms with Gasteiger partial charge in [-0.15, -0.1) is 0 Å². The molecule has 0 bridgehead atoms. The maximum Gasteiger partial charge on any atom is 0.407 e. The van der Waals surface area contributed by atoms with Crippen LogP contribution < -0.4 is 16.0 Å². The lowest BCUT2D eigenvalue weighted by Crippen LogP contribution is -2.71. The number of alkyl carbamates (subject to hydrolysis) is 1. The number of ether oxygens (including phenoxy) is 1. The SMILES string of the molecule is CC(C)[C@@H]1C(=O)C(C(N)=O)C(=O)[C@@]2(O)C(=O)C3C(=O)c4c(O)c(CNC(=O)OCC(C)(C)C)cc(N(C)C)c4C[C@H]3C[C@@H]12. The molecule has 1 aromatic rings. The lowest BCUT2D eigenvalue weighted by Gasteiger charge is -2.52. The van der Waals surface area contributed by atoms with Gasteiger partial charge in [-0.1, -0.05) is 34.6 Å². The summed E-state index contributed by atoms with van der Waals surface area (Å²) < 4.78 is 5.22. The largest absolute Gasteiger partial charge is 0.507 e. The van der Waals surface area contributed by atoms with E-state index in [0.717, 1.165) is 0 Å². The van der Waals surface area contributed by atoms with Crippen LogP contribution in [0.3, 0.4) is 0 Å². The van der Waals surface area contributed by atoms with E-state index in [-0.39, 0.29) is 42.5 Å². The number of Topliss-reactive ketones (excluding diaryl/α,β-unsaturated/α-hetero) is 4. The molecule has 0 aromatic heterocycles. The van der Waals surface area contributed by atoms with E-state index in [1.165, 1.54) is 0 Å². The third-order valence-corrected chi connectivity index (χ3v) is 8.91. The first-order valence-electron chi connectivity index (χ1n) is 14.5. The smallest absolute Gasteiger partial charge is 0.407 e. The van der Waals surface area contributed by atoms with Gasteiger partial charge >= 0.3 is 6.09 Å². The molecule has 2 saturated carbocycles. The van der Waals surface area contributed by atoms with E-state index in [1.54, 1.807) is 38.9 Å². The standard InChI is InChI=1S/C31H41N3O9/c1-13(2)19-17-9-14-8-16-18(34(6)7)10-15(11-33-29(41)43-12-30(3,4)5)23(35)21(16)25(37)20(14)26(38)31(17,42)27(39)22(24(19)36)28(32)40/h10,13-14,17,19-20,22,35,42H,8-9,11-12H2,1-7H3,(H2,32,40)(H,33,41)/t14-,17-,19-,20?,22?,31-/m0/s1. The summed E-state index contributed by atoms with van der Waals surface area (Å²) in [5, 5.41) is 25.6. The maximum atomic E-state index is 14.1. The van der Waals surface area contributed by atoms with E-state index in [4.69, 9.17) is 10.5 Å². The van der Waals surface area contributed by atoms with Crippen molar-refractivity contribution in [3.8, 4) is 5.75 Å². The maximum absolute atomic E-state index is 14.1. The van der Waals surface area contributed by atoms with Gasteiger partial charge in [0.1, 0.15) is 5.75 Å². The number of hydrogen-bond donors (Lipinski definition) is 4. The number of aliphatic hydroxyl groups is 1. The summed E-state index contributed by atoms with van der Waals surface area (Å²) in [6.45, 7) is 9.08. The molecule has 0 aliphatic heterocycles. The number of nitrogens with zero attached hydrogens (tertiary/aromatic N) is 1. The van der Waals surface area contributed by atoms with E-state index < -0.39 is 82.0 Å². The second-order valence-corrected chi connectivity index (χ2v) is 13.8. The Morgan fingerprint density at radius 3 is 2.33 bits per heavy atom. The molecular weight excluding hydrogens is 558 g/mol. The topological polar surface area (TPSA) is 193 Å². The van der Waals surface area contributed by atoms with Crippen LogP contribution in [0.2, 0.25) is 0 Å². The minimum Gasteiger partial charge on any atom is -0.507 e. The van der Waals surface area contributed by atoms with Crippen LogP contribution in [0.15, 0.2) is 6.07 Å². The van der Waals surface area contributed by atoms with Crippen LogP contribution in [-0.4, -0.2) is 71.6 Å². The third-order valence-electron chi connectivity index (χ3n) is 8.91. The summed E-state index contributed by atoms with van der Waals surface area (Å²) in [7, 11) is 3.50. The number of nitrogens with one attached hydrogen (secondary N) is 1. The Balaban J connectivity index is 1.76. The molecule has 43 heavy (non-hydrogen) atoms. The van der Waals surface area contributed by atoms with E-state index in [1.807, 2.05) is 20.8 Å². The predicted octanol–water partition coefficient (Wildman–Crippen LogP) is 1.55. The molecule has 3 aliphatic carbocycles. The zero-order valence-corrected chi connectivity index (χ0v) is 25.6. The molecule has 6 atom stereocenters. The molecule has 2 fully saturated rings. The molecule has 2 amide bonds. The Morgan fingerprint density at radius 1 is 1.16 bits per heavy atom. The van der Waals surface area contributed by atoms with Crippen molar-refractivity contribution in [1.29, 1.82) is 0 Å². The number of rotatable bonds is 6. The van der Waals surface area contributed by atoms with Gasteiger partial charge in [-0.2, -0.15) is 0 Å². The van der Waals surface area contributed by atoms with Crippen LogP contribution in [0.5, 0.6) is 5.75 Å². The van der Waals surface area contributed by atoms with Crippen LogP contribution in [0.1, 0.15) is 62.5 Å². The van der Waals surface area contributed by atoms with E-state index in [0.29, 0.717) is 11.3 Å². The van der Waals surface area contributed by atoms with Crippen molar-refractivity contribution in [2.24, 2.45) is 46.7 Å². The fourth-order valence-corrected chi connectivity index (χ4v) is 6.99. The van der Waals surface area contributed by atoms with Gasteiger partial charge in [0.2, 0.25) is 5.91 Å². The minimum atomic E-state index is -2.76. The monoisotopic (exact) mass is 599 g/mol. The number of anilines is 1. The number of aromatic hydroxyl groups is 1. The number of carbonyl (C=O) groups is 6. The number of phenols is 1. The molecule has 0 radical (unpaired) electrons. The van der Waals surface area contributed by atoms with E-state index >= 15 is 0 Å². The lowest BCUT2D eigenvalue weighted by atomic mass is 9.49. The van der Waals surface area contributed by atoms with Gasteiger partial charge in [0.25, 0.3) is 0 Å². The summed E-state index contributed by atoms with van der Waals surface area (Å²) in [4.78, 5) is 81.1. The molecule has 2 unspecified atom stereocenters. The highest BCUT2D eigenvalue weighted by Gasteiger charge is 2.69. The van der Waals surface area contributed by atoms with Gasteiger partial charge in [0.05, 0.1) is 18.1 Å². The Labute approximate surface area is 250 Å². The van der Waals surface area contributed by atoms with Gasteiger partial charge in [0, 0.05) is 43.7 Å². The number of benzene rings is 1. The Morgan fingerprint density at radius 2 is 1.79 bits per heavy atom. The van der Waals surface area contributed by atoms with Crippen molar-refractivity contribution >= 4 is 40.8 Å². The molecule has 12 heteroatoms. The highest BCUT2D eigenvalue weighted by atomic mass is 16.5. The Bertz CT molecular complexity index is 1410. The predicted molar refractivity (Wildman–Crippen MR) is 154 cm³/mol. The van der Waals surface area contributed by atoms with Crippen LogP contribution >= 0.6 is 0 Å². The Hall–Kier alpha value is -3.80. The van der Waals surface area contributed by atoms with Crippen molar-refractivity contribution in [3.05, 3.63) is 22.8 Å². The van der Waals surface area contributed by atoms with Crippen molar-refractivity contribution < 1.29 is 43.7 Å². The van der Waals surface area contributed by atoms with Crippen molar-refractivity contribution in [2.75, 3.05) is 25.6 Å². The van der Waals surface area contributed by atoms with Crippen LogP contribution in [0, 0.1) is 40.9 Å².